The molecule has 0 aliphatic heterocycles. The smallest absolute Gasteiger partial charge is 0.226 e. The number of hydrogen-bond acceptors (Lipinski definition) is 4. The molecule has 0 saturated carbocycles. The zero-order valence-corrected chi connectivity index (χ0v) is 17.7. The Morgan fingerprint density at radius 1 is 1.00 bits per heavy atom. The van der Waals surface area contributed by atoms with Gasteiger partial charge in [0, 0.05) is 10.9 Å². The molecule has 0 unspecified atom stereocenters. The number of benzene rings is 3. The van der Waals surface area contributed by atoms with Crippen molar-refractivity contribution in [1.82, 2.24) is 10.3 Å². The fourth-order valence-electron chi connectivity index (χ4n) is 3.29. The molecule has 0 fully saturated rings. The number of carbonyl (C=O) groups excluding carboxylic acids is 1. The first-order valence-corrected chi connectivity index (χ1v) is 10.7. The van der Waals surface area contributed by atoms with Gasteiger partial charge in [-0.1, -0.05) is 42.5 Å². The number of carbonyl (C=O) groups is 1. The Hall–Kier alpha value is -3.51. The summed E-state index contributed by atoms with van der Waals surface area (Å²) in [5.74, 6) is 0.351. The number of nitrogens with one attached hydrogen (secondary N) is 1. The molecule has 1 aromatic heterocycles. The van der Waals surface area contributed by atoms with Gasteiger partial charge in [0.25, 0.3) is 0 Å². The van der Waals surface area contributed by atoms with Gasteiger partial charge in [0.2, 0.25) is 5.91 Å². The predicted octanol–water partition coefficient (Wildman–Crippen LogP) is 5.41. The SMILES string of the molecule is COc1ccc([C@H](NC(=O)Cc2csc(-c3ccc(F)cc3)n2)c2ccccc2)cc1. The van der Waals surface area contributed by atoms with E-state index in [1.807, 2.05) is 60.0 Å². The van der Waals surface area contributed by atoms with Gasteiger partial charge in [0.1, 0.15) is 16.6 Å². The molecule has 0 radical (unpaired) electrons. The third kappa shape index (κ3) is 5.16. The van der Waals surface area contributed by atoms with Gasteiger partial charge in [-0.2, -0.15) is 0 Å². The van der Waals surface area contributed by atoms with Crippen LogP contribution in [0.25, 0.3) is 10.6 Å². The number of ether oxygens (including phenoxy) is 1. The zero-order valence-electron chi connectivity index (χ0n) is 16.9. The predicted molar refractivity (Wildman–Crippen MR) is 121 cm³/mol. The van der Waals surface area contributed by atoms with E-state index in [1.165, 1.54) is 23.5 Å². The molecule has 1 amide bonds. The lowest BCUT2D eigenvalue weighted by Gasteiger charge is -2.20. The van der Waals surface area contributed by atoms with Gasteiger partial charge in [-0.3, -0.25) is 4.79 Å². The van der Waals surface area contributed by atoms with Crippen LogP contribution < -0.4 is 10.1 Å². The minimum Gasteiger partial charge on any atom is -0.497 e. The lowest BCUT2D eigenvalue weighted by atomic mass is 9.98. The quantitative estimate of drug-likeness (QED) is 0.425. The standard InChI is InChI=1S/C25H21FN2O2S/c1-30-22-13-9-18(10-14-22)24(17-5-3-2-4-6-17)28-23(29)15-21-16-31-25(27-21)19-7-11-20(26)12-8-19/h2-14,16,24H,15H2,1H3,(H,28,29)/t24-/m1/s1. The maximum Gasteiger partial charge on any atom is 0.226 e. The number of amides is 1. The molecule has 0 aliphatic rings. The van der Waals surface area contributed by atoms with Gasteiger partial charge in [-0.05, 0) is 47.5 Å². The highest BCUT2D eigenvalue weighted by Crippen LogP contribution is 2.26. The van der Waals surface area contributed by atoms with Crippen LogP contribution in [0.1, 0.15) is 22.9 Å². The monoisotopic (exact) mass is 432 g/mol. The van der Waals surface area contributed by atoms with Gasteiger partial charge in [0.05, 0.1) is 25.3 Å². The zero-order chi connectivity index (χ0) is 21.6. The Balaban J connectivity index is 1.50. The van der Waals surface area contributed by atoms with Crippen LogP contribution in [-0.2, 0) is 11.2 Å². The highest BCUT2D eigenvalue weighted by atomic mass is 32.1. The number of halogens is 1. The minimum atomic E-state index is -0.287. The first-order chi connectivity index (χ1) is 15.1. The Kier molecular flexibility index (Phi) is 6.38. The largest absolute Gasteiger partial charge is 0.497 e. The Bertz CT molecular complexity index is 1140. The molecule has 3 aromatic carbocycles. The number of nitrogens with zero attached hydrogens (tertiary/aromatic N) is 1. The van der Waals surface area contributed by atoms with Gasteiger partial charge in [0.15, 0.2) is 0 Å². The summed E-state index contributed by atoms with van der Waals surface area (Å²) >= 11 is 1.44. The molecule has 1 atom stereocenters. The molecule has 4 rings (SSSR count). The van der Waals surface area contributed by atoms with E-state index in [4.69, 9.17) is 4.74 Å². The summed E-state index contributed by atoms with van der Waals surface area (Å²) in [6.07, 6.45) is 0.164. The van der Waals surface area contributed by atoms with Crippen LogP contribution in [0.5, 0.6) is 5.75 Å². The fraction of sp³-hybridized carbons (Fsp3) is 0.120. The molecule has 31 heavy (non-hydrogen) atoms. The maximum atomic E-state index is 13.1. The third-order valence-electron chi connectivity index (χ3n) is 4.87. The van der Waals surface area contributed by atoms with E-state index in [0.717, 1.165) is 27.4 Å². The number of methoxy groups -OCH3 is 1. The van der Waals surface area contributed by atoms with E-state index in [9.17, 15) is 9.18 Å². The van der Waals surface area contributed by atoms with Crippen molar-refractivity contribution in [2.24, 2.45) is 0 Å². The van der Waals surface area contributed by atoms with Gasteiger partial charge >= 0.3 is 0 Å². The molecule has 4 nitrogen and oxygen atoms in total. The van der Waals surface area contributed by atoms with E-state index in [1.54, 1.807) is 19.2 Å². The normalized spacial score (nSPS) is 11.7. The van der Waals surface area contributed by atoms with Crippen LogP contribution in [-0.4, -0.2) is 18.0 Å². The number of rotatable bonds is 7. The van der Waals surface area contributed by atoms with E-state index >= 15 is 0 Å². The van der Waals surface area contributed by atoms with Crippen molar-refractivity contribution in [2.75, 3.05) is 7.11 Å². The summed E-state index contributed by atoms with van der Waals surface area (Å²) in [4.78, 5) is 17.4. The van der Waals surface area contributed by atoms with Crippen molar-refractivity contribution in [1.29, 1.82) is 0 Å². The van der Waals surface area contributed by atoms with Crippen LogP contribution in [0.4, 0.5) is 4.39 Å². The molecule has 0 bridgehead atoms. The minimum absolute atomic E-state index is 0.124. The summed E-state index contributed by atoms with van der Waals surface area (Å²) in [7, 11) is 1.62. The van der Waals surface area contributed by atoms with Crippen molar-refractivity contribution in [3.63, 3.8) is 0 Å². The van der Waals surface area contributed by atoms with Crippen molar-refractivity contribution >= 4 is 17.2 Å². The number of aromatic nitrogens is 1. The second-order valence-electron chi connectivity index (χ2n) is 7.01. The van der Waals surface area contributed by atoms with Crippen molar-refractivity contribution in [3.05, 3.63) is 107 Å². The number of thiazole rings is 1. The van der Waals surface area contributed by atoms with Gasteiger partial charge < -0.3 is 10.1 Å². The number of hydrogen-bond donors (Lipinski definition) is 1. The summed E-state index contributed by atoms with van der Waals surface area (Å²) in [6.45, 7) is 0. The highest BCUT2D eigenvalue weighted by molar-refractivity contribution is 7.13. The van der Waals surface area contributed by atoms with E-state index in [2.05, 4.69) is 10.3 Å². The molecule has 4 aromatic rings. The molecule has 1 N–H and O–H groups in total. The highest BCUT2D eigenvalue weighted by Gasteiger charge is 2.18. The molecular formula is C25H21FN2O2S. The topological polar surface area (TPSA) is 51.2 Å². The molecule has 0 aliphatic carbocycles. The maximum absolute atomic E-state index is 13.1. The molecule has 0 saturated heterocycles. The Labute approximate surface area is 184 Å². The molecule has 0 spiro atoms. The Morgan fingerprint density at radius 2 is 1.68 bits per heavy atom. The van der Waals surface area contributed by atoms with Crippen molar-refractivity contribution in [2.45, 2.75) is 12.5 Å². The van der Waals surface area contributed by atoms with E-state index in [-0.39, 0.29) is 24.2 Å². The summed E-state index contributed by atoms with van der Waals surface area (Å²) < 4.78 is 18.4. The lowest BCUT2D eigenvalue weighted by molar-refractivity contribution is -0.121. The van der Waals surface area contributed by atoms with Crippen LogP contribution in [0.2, 0.25) is 0 Å². The second kappa shape index (κ2) is 9.53. The average molecular weight is 433 g/mol. The second-order valence-corrected chi connectivity index (χ2v) is 7.87. The van der Waals surface area contributed by atoms with E-state index in [0.29, 0.717) is 5.69 Å². The van der Waals surface area contributed by atoms with E-state index < -0.39 is 0 Å². The van der Waals surface area contributed by atoms with Crippen molar-refractivity contribution < 1.29 is 13.9 Å². The van der Waals surface area contributed by atoms with Crippen LogP contribution in [0, 0.1) is 5.82 Å². The lowest BCUT2D eigenvalue weighted by Crippen LogP contribution is -2.30. The van der Waals surface area contributed by atoms with Crippen LogP contribution in [0.15, 0.2) is 84.2 Å². The molecule has 1 heterocycles. The Morgan fingerprint density at radius 3 is 2.35 bits per heavy atom. The summed E-state index contributed by atoms with van der Waals surface area (Å²) in [6, 6.07) is 23.4. The van der Waals surface area contributed by atoms with Gasteiger partial charge in [-0.15, -0.1) is 11.3 Å². The molecule has 6 heteroatoms. The third-order valence-corrected chi connectivity index (χ3v) is 5.81. The fourth-order valence-corrected chi connectivity index (χ4v) is 4.12. The van der Waals surface area contributed by atoms with Crippen LogP contribution in [0.3, 0.4) is 0 Å². The molecular weight excluding hydrogens is 411 g/mol. The summed E-state index contributed by atoms with van der Waals surface area (Å²) in [5, 5.41) is 5.75. The average Bonchev–Trinajstić information content (AvgIpc) is 3.27. The molecule has 156 valence electrons. The van der Waals surface area contributed by atoms with Crippen LogP contribution >= 0.6 is 11.3 Å². The van der Waals surface area contributed by atoms with Gasteiger partial charge in [-0.25, -0.2) is 9.37 Å². The van der Waals surface area contributed by atoms with Crippen molar-refractivity contribution in [3.8, 4) is 16.3 Å². The first kappa shape index (κ1) is 20.8. The first-order valence-electron chi connectivity index (χ1n) is 9.81. The summed E-state index contributed by atoms with van der Waals surface area (Å²) in [5.41, 5.74) is 3.47.